The maximum absolute atomic E-state index is 12.6. The van der Waals surface area contributed by atoms with Gasteiger partial charge in [0.25, 0.3) is 0 Å². The van der Waals surface area contributed by atoms with Gasteiger partial charge in [0.15, 0.2) is 0 Å². The van der Waals surface area contributed by atoms with Crippen molar-refractivity contribution in [3.05, 3.63) is 0 Å². The van der Waals surface area contributed by atoms with Crippen molar-refractivity contribution in [2.45, 2.75) is 501 Å². The van der Waals surface area contributed by atoms with Gasteiger partial charge in [0.05, 0.1) is 25.4 Å². The SMILES string of the molecule is CCCCCCCCCCCCCCCCCCCCCCCCCC(O)C(CO)NC(=O)CCCCCCCCCCCCCCCCCCCCCCCCCCCCCCCCCCCCCCCOC(=O)CCCCCCCCCCCCC. The third-order valence-corrected chi connectivity index (χ3v) is 19.9. The molecule has 0 aromatic rings. The molecule has 88 heavy (non-hydrogen) atoms. The molecule has 1 amide bonds. The lowest BCUT2D eigenvalue weighted by Crippen LogP contribution is -2.45. The first kappa shape index (κ1) is 86.9. The number of amides is 1. The summed E-state index contributed by atoms with van der Waals surface area (Å²) in [5, 5.41) is 23.5. The van der Waals surface area contributed by atoms with Gasteiger partial charge in [-0.25, -0.2) is 0 Å². The first-order valence-corrected chi connectivity index (χ1v) is 41.3. The van der Waals surface area contributed by atoms with E-state index in [0.29, 0.717) is 25.9 Å². The molecule has 0 saturated heterocycles. The van der Waals surface area contributed by atoms with Crippen LogP contribution >= 0.6 is 0 Å². The minimum atomic E-state index is -0.661. The average Bonchev–Trinajstić information content (AvgIpc) is 3.55. The van der Waals surface area contributed by atoms with Gasteiger partial charge in [-0.15, -0.1) is 0 Å². The van der Waals surface area contributed by atoms with Gasteiger partial charge in [0.1, 0.15) is 0 Å². The maximum Gasteiger partial charge on any atom is 0.305 e. The fraction of sp³-hybridized carbons (Fsp3) is 0.976. The quantitative estimate of drug-likeness (QED) is 0.0417. The van der Waals surface area contributed by atoms with Crippen LogP contribution in [0.3, 0.4) is 0 Å². The number of ether oxygens (including phenoxy) is 1. The minimum absolute atomic E-state index is 0.0226. The average molecular weight is 1240 g/mol. The third kappa shape index (κ3) is 73.9. The van der Waals surface area contributed by atoms with Gasteiger partial charge >= 0.3 is 5.97 Å². The van der Waals surface area contributed by atoms with E-state index in [2.05, 4.69) is 19.2 Å². The van der Waals surface area contributed by atoms with E-state index in [1.807, 2.05) is 0 Å². The lowest BCUT2D eigenvalue weighted by Gasteiger charge is -2.22. The number of aliphatic hydroxyl groups excluding tert-OH is 2. The molecule has 0 radical (unpaired) electrons. The van der Waals surface area contributed by atoms with Gasteiger partial charge in [0.2, 0.25) is 5.91 Å². The Morgan fingerprint density at radius 2 is 0.466 bits per heavy atom. The molecule has 2 atom stereocenters. The molecule has 0 saturated carbocycles. The number of esters is 1. The highest BCUT2D eigenvalue weighted by molar-refractivity contribution is 5.76. The zero-order valence-electron chi connectivity index (χ0n) is 60.5. The molecule has 526 valence electrons. The Bertz CT molecular complexity index is 1290. The number of nitrogens with one attached hydrogen (secondary N) is 1. The van der Waals surface area contributed by atoms with E-state index >= 15 is 0 Å². The molecule has 0 aliphatic carbocycles. The van der Waals surface area contributed by atoms with Crippen LogP contribution in [0.25, 0.3) is 0 Å². The number of rotatable bonds is 79. The van der Waals surface area contributed by atoms with Gasteiger partial charge in [-0.3, -0.25) is 9.59 Å². The van der Waals surface area contributed by atoms with E-state index in [9.17, 15) is 19.8 Å². The Morgan fingerprint density at radius 3 is 0.693 bits per heavy atom. The van der Waals surface area contributed by atoms with Crippen molar-refractivity contribution in [2.75, 3.05) is 13.2 Å². The molecule has 3 N–H and O–H groups in total. The number of unbranched alkanes of at least 4 members (excludes halogenated alkanes) is 68. The summed E-state index contributed by atoms with van der Waals surface area (Å²) in [4.78, 5) is 24.6. The summed E-state index contributed by atoms with van der Waals surface area (Å²) in [6.45, 7) is 5.01. The summed E-state index contributed by atoms with van der Waals surface area (Å²) in [6, 6.07) is -0.537. The summed E-state index contributed by atoms with van der Waals surface area (Å²) in [7, 11) is 0. The summed E-state index contributed by atoms with van der Waals surface area (Å²) in [5.74, 6) is 0.00186. The number of carbonyl (C=O) groups is 2. The lowest BCUT2D eigenvalue weighted by molar-refractivity contribution is -0.143. The van der Waals surface area contributed by atoms with Crippen LogP contribution in [0.15, 0.2) is 0 Å². The molecule has 0 spiro atoms. The van der Waals surface area contributed by atoms with E-state index in [1.165, 1.54) is 417 Å². The van der Waals surface area contributed by atoms with Gasteiger partial charge in [-0.2, -0.15) is 0 Å². The van der Waals surface area contributed by atoms with Crippen LogP contribution in [0.5, 0.6) is 0 Å². The Hall–Kier alpha value is -1.14. The van der Waals surface area contributed by atoms with E-state index in [0.717, 1.165) is 38.5 Å². The standard InChI is InChI=1S/C82H163NO5/c1-3-5-7-9-11-13-15-16-17-18-19-20-36-39-42-45-48-51-55-58-62-66-70-74-80(85)79(78-84)83-81(86)75-71-67-63-59-56-52-49-46-43-40-37-34-32-30-28-26-24-22-21-23-25-27-29-31-33-35-38-41-44-47-50-53-57-61-65-69-73-77-88-82(87)76-72-68-64-60-54-14-12-10-8-6-4-2/h79-80,84-85H,3-78H2,1-2H3,(H,83,86). The van der Waals surface area contributed by atoms with Crippen LogP contribution in [-0.2, 0) is 14.3 Å². The Labute approximate surface area is 553 Å². The van der Waals surface area contributed by atoms with E-state index in [4.69, 9.17) is 4.74 Å². The van der Waals surface area contributed by atoms with Crippen LogP contribution in [0.1, 0.15) is 489 Å². The van der Waals surface area contributed by atoms with E-state index in [-0.39, 0.29) is 18.5 Å². The molecular formula is C82H163NO5. The first-order chi connectivity index (χ1) is 43.5. The van der Waals surface area contributed by atoms with Gasteiger partial charge in [-0.1, -0.05) is 450 Å². The molecule has 6 heteroatoms. The number of carbonyl (C=O) groups excluding carboxylic acids is 2. The van der Waals surface area contributed by atoms with E-state index in [1.54, 1.807) is 0 Å². The minimum Gasteiger partial charge on any atom is -0.466 e. The molecule has 0 fully saturated rings. The second-order valence-corrected chi connectivity index (χ2v) is 28.8. The van der Waals surface area contributed by atoms with Crippen molar-refractivity contribution >= 4 is 11.9 Å². The highest BCUT2D eigenvalue weighted by Crippen LogP contribution is 2.21. The molecule has 6 nitrogen and oxygen atoms in total. The van der Waals surface area contributed by atoms with E-state index < -0.39 is 12.1 Å². The summed E-state index contributed by atoms with van der Waals surface area (Å²) >= 11 is 0. The fourth-order valence-corrected chi connectivity index (χ4v) is 13.6. The maximum atomic E-state index is 12.6. The lowest BCUT2D eigenvalue weighted by atomic mass is 10.0. The van der Waals surface area contributed by atoms with Gasteiger partial charge in [0, 0.05) is 12.8 Å². The number of hydrogen-bond acceptors (Lipinski definition) is 5. The van der Waals surface area contributed by atoms with Crippen LogP contribution in [0, 0.1) is 0 Å². The van der Waals surface area contributed by atoms with Crippen LogP contribution < -0.4 is 5.32 Å². The van der Waals surface area contributed by atoms with Crippen molar-refractivity contribution in [3.8, 4) is 0 Å². The Kier molecular flexibility index (Phi) is 77.3. The molecule has 0 aromatic heterocycles. The third-order valence-electron chi connectivity index (χ3n) is 19.9. The molecular weight excluding hydrogens is 1080 g/mol. The fourth-order valence-electron chi connectivity index (χ4n) is 13.6. The van der Waals surface area contributed by atoms with Crippen molar-refractivity contribution < 1.29 is 24.5 Å². The predicted octanol–water partition coefficient (Wildman–Crippen LogP) is 27.3. The zero-order valence-corrected chi connectivity index (χ0v) is 60.5. The molecule has 0 aliphatic rings. The number of hydrogen-bond donors (Lipinski definition) is 3. The second-order valence-electron chi connectivity index (χ2n) is 28.8. The van der Waals surface area contributed by atoms with Crippen LogP contribution in [-0.4, -0.2) is 47.4 Å². The summed E-state index contributed by atoms with van der Waals surface area (Å²) in [6.07, 6.45) is 97.9. The molecule has 0 rings (SSSR count). The number of aliphatic hydroxyl groups is 2. The molecule has 0 heterocycles. The normalized spacial score (nSPS) is 12.4. The smallest absolute Gasteiger partial charge is 0.305 e. The molecule has 2 unspecified atom stereocenters. The summed E-state index contributed by atoms with van der Waals surface area (Å²) in [5.41, 5.74) is 0. The molecule has 0 bridgehead atoms. The Morgan fingerprint density at radius 1 is 0.273 bits per heavy atom. The van der Waals surface area contributed by atoms with Crippen molar-refractivity contribution in [3.63, 3.8) is 0 Å². The summed E-state index contributed by atoms with van der Waals surface area (Å²) < 4.78 is 5.49. The van der Waals surface area contributed by atoms with Gasteiger partial charge < -0.3 is 20.3 Å². The van der Waals surface area contributed by atoms with Gasteiger partial charge in [-0.05, 0) is 25.7 Å². The topological polar surface area (TPSA) is 95.9 Å². The first-order valence-electron chi connectivity index (χ1n) is 41.3. The second kappa shape index (κ2) is 78.3. The largest absolute Gasteiger partial charge is 0.466 e. The van der Waals surface area contributed by atoms with Crippen LogP contribution in [0.2, 0.25) is 0 Å². The Balaban J connectivity index is 3.30. The molecule has 0 aliphatic heterocycles. The highest BCUT2D eigenvalue weighted by Gasteiger charge is 2.20. The molecule has 0 aromatic carbocycles. The highest BCUT2D eigenvalue weighted by atomic mass is 16.5. The zero-order chi connectivity index (χ0) is 63.5. The van der Waals surface area contributed by atoms with Crippen molar-refractivity contribution in [1.82, 2.24) is 5.32 Å². The van der Waals surface area contributed by atoms with Crippen molar-refractivity contribution in [2.24, 2.45) is 0 Å². The van der Waals surface area contributed by atoms with Crippen LogP contribution in [0.4, 0.5) is 0 Å². The monoisotopic (exact) mass is 1240 g/mol. The van der Waals surface area contributed by atoms with Crippen molar-refractivity contribution in [1.29, 1.82) is 0 Å². The predicted molar refractivity (Wildman–Crippen MR) is 389 cm³/mol.